The number of aryl methyl sites for hydroxylation is 1. The molecule has 1 saturated heterocycles. The number of anilines is 1. The van der Waals surface area contributed by atoms with Gasteiger partial charge in [0.05, 0.1) is 38.0 Å². The number of hydrogen-bond donors (Lipinski definition) is 1. The van der Waals surface area contributed by atoms with Crippen molar-refractivity contribution in [3.8, 4) is 17.2 Å². The Hall–Kier alpha value is -4.26. The molecule has 180 valence electrons. The number of nitrogens with zero attached hydrogens (tertiary/aromatic N) is 1. The molecule has 4 rings (SSSR count). The van der Waals surface area contributed by atoms with Gasteiger partial charge in [-0.15, -0.1) is 0 Å². The van der Waals surface area contributed by atoms with E-state index in [1.54, 1.807) is 42.5 Å². The maximum atomic E-state index is 13.4. The van der Waals surface area contributed by atoms with Gasteiger partial charge >= 0.3 is 0 Å². The van der Waals surface area contributed by atoms with Crippen LogP contribution in [0.1, 0.15) is 29.7 Å². The van der Waals surface area contributed by atoms with Crippen LogP contribution in [-0.2, 0) is 9.59 Å². The summed E-state index contributed by atoms with van der Waals surface area (Å²) >= 11 is 0. The minimum absolute atomic E-state index is 0.0158. The van der Waals surface area contributed by atoms with Crippen LogP contribution in [0, 0.1) is 6.92 Å². The van der Waals surface area contributed by atoms with Gasteiger partial charge in [0.1, 0.15) is 23.0 Å². The van der Waals surface area contributed by atoms with Crippen LogP contribution in [0.5, 0.6) is 17.2 Å². The molecule has 1 N–H and O–H groups in total. The number of aliphatic hydroxyl groups excluding tert-OH is 1. The van der Waals surface area contributed by atoms with E-state index >= 15 is 0 Å². The molecular weight excluding hydrogens is 446 g/mol. The first-order valence-corrected chi connectivity index (χ1v) is 11.2. The van der Waals surface area contributed by atoms with Gasteiger partial charge in [-0.05, 0) is 55.8 Å². The number of carbonyl (C=O) groups excluding carboxylic acids is 2. The van der Waals surface area contributed by atoms with Gasteiger partial charge < -0.3 is 19.3 Å². The number of ether oxygens (including phenoxy) is 3. The molecule has 1 fully saturated rings. The molecular formula is C28H27NO6. The lowest BCUT2D eigenvalue weighted by Gasteiger charge is -2.26. The molecule has 1 heterocycles. The summed E-state index contributed by atoms with van der Waals surface area (Å²) in [5, 5.41) is 11.4. The summed E-state index contributed by atoms with van der Waals surface area (Å²) in [6, 6.07) is 18.5. The van der Waals surface area contributed by atoms with Crippen molar-refractivity contribution in [2.45, 2.75) is 19.9 Å². The molecule has 1 unspecified atom stereocenters. The van der Waals surface area contributed by atoms with Crippen molar-refractivity contribution < 1.29 is 28.9 Å². The Labute approximate surface area is 204 Å². The zero-order chi connectivity index (χ0) is 25.1. The second-order valence-electron chi connectivity index (χ2n) is 8.08. The third-order valence-corrected chi connectivity index (χ3v) is 5.89. The van der Waals surface area contributed by atoms with Crippen molar-refractivity contribution in [2.24, 2.45) is 0 Å². The van der Waals surface area contributed by atoms with Crippen LogP contribution in [0.25, 0.3) is 5.76 Å². The number of Topliss-reactive ketones (excluding diaryl/α,β-unsaturated/α-hetero) is 1. The minimum Gasteiger partial charge on any atom is -0.507 e. The Kier molecular flexibility index (Phi) is 6.78. The average Bonchev–Trinajstić information content (AvgIpc) is 3.14. The van der Waals surface area contributed by atoms with E-state index in [-0.39, 0.29) is 16.9 Å². The van der Waals surface area contributed by atoms with Crippen molar-refractivity contribution >= 4 is 23.1 Å². The normalized spacial score (nSPS) is 16.9. The molecule has 1 amide bonds. The number of benzene rings is 3. The van der Waals surface area contributed by atoms with Crippen LogP contribution in [0.4, 0.5) is 5.69 Å². The topological polar surface area (TPSA) is 85.3 Å². The van der Waals surface area contributed by atoms with Gasteiger partial charge in [0.2, 0.25) is 0 Å². The van der Waals surface area contributed by atoms with Gasteiger partial charge in [-0.3, -0.25) is 14.5 Å². The summed E-state index contributed by atoms with van der Waals surface area (Å²) in [7, 11) is 2.98. The smallest absolute Gasteiger partial charge is 0.300 e. The molecule has 0 radical (unpaired) electrons. The van der Waals surface area contributed by atoms with Gasteiger partial charge in [0.15, 0.2) is 0 Å². The molecule has 1 aliphatic heterocycles. The number of methoxy groups -OCH3 is 2. The number of aliphatic hydroxyl groups is 1. The molecule has 1 aliphatic rings. The lowest BCUT2D eigenvalue weighted by atomic mass is 9.94. The summed E-state index contributed by atoms with van der Waals surface area (Å²) < 4.78 is 16.2. The van der Waals surface area contributed by atoms with Crippen LogP contribution in [0.2, 0.25) is 0 Å². The lowest BCUT2D eigenvalue weighted by Crippen LogP contribution is -2.29. The molecule has 3 aromatic rings. The first kappa shape index (κ1) is 23.9. The fourth-order valence-electron chi connectivity index (χ4n) is 4.26. The number of ketones is 1. The highest BCUT2D eigenvalue weighted by Crippen LogP contribution is 2.44. The Morgan fingerprint density at radius 3 is 2.29 bits per heavy atom. The minimum atomic E-state index is -0.834. The molecule has 0 saturated carbocycles. The molecule has 0 spiro atoms. The van der Waals surface area contributed by atoms with Crippen LogP contribution in [0.3, 0.4) is 0 Å². The Balaban J connectivity index is 1.92. The highest BCUT2D eigenvalue weighted by molar-refractivity contribution is 6.51. The van der Waals surface area contributed by atoms with Crippen LogP contribution in [0.15, 0.2) is 72.3 Å². The third-order valence-electron chi connectivity index (χ3n) is 5.89. The first-order valence-electron chi connectivity index (χ1n) is 11.2. The molecule has 0 aliphatic carbocycles. The maximum absolute atomic E-state index is 13.4. The van der Waals surface area contributed by atoms with Gasteiger partial charge in [-0.2, -0.15) is 0 Å². The summed E-state index contributed by atoms with van der Waals surface area (Å²) in [4.78, 5) is 28.1. The Bertz CT molecular complexity index is 1300. The summed E-state index contributed by atoms with van der Waals surface area (Å²) in [6.45, 7) is 4.33. The molecule has 1 atom stereocenters. The number of rotatable bonds is 7. The number of hydrogen-bond acceptors (Lipinski definition) is 6. The Morgan fingerprint density at radius 2 is 1.66 bits per heavy atom. The van der Waals surface area contributed by atoms with Crippen LogP contribution < -0.4 is 19.1 Å². The monoisotopic (exact) mass is 473 g/mol. The van der Waals surface area contributed by atoms with Crippen molar-refractivity contribution in [3.05, 3.63) is 89.0 Å². The first-order chi connectivity index (χ1) is 16.9. The van der Waals surface area contributed by atoms with Gasteiger partial charge in [-0.1, -0.05) is 29.8 Å². The summed E-state index contributed by atoms with van der Waals surface area (Å²) in [5.74, 6) is -0.318. The van der Waals surface area contributed by atoms with Gasteiger partial charge in [-0.25, -0.2) is 0 Å². The predicted octanol–water partition coefficient (Wildman–Crippen LogP) is 5.04. The van der Waals surface area contributed by atoms with E-state index in [1.165, 1.54) is 19.1 Å². The molecule has 7 heteroatoms. The molecule has 7 nitrogen and oxygen atoms in total. The lowest BCUT2D eigenvalue weighted by molar-refractivity contribution is -0.132. The van der Waals surface area contributed by atoms with E-state index in [4.69, 9.17) is 14.2 Å². The second kappa shape index (κ2) is 9.93. The van der Waals surface area contributed by atoms with Crippen molar-refractivity contribution in [3.63, 3.8) is 0 Å². The van der Waals surface area contributed by atoms with E-state index in [9.17, 15) is 14.7 Å². The van der Waals surface area contributed by atoms with Crippen LogP contribution >= 0.6 is 0 Å². The van der Waals surface area contributed by atoms with E-state index in [0.717, 1.165) is 5.56 Å². The number of carbonyl (C=O) groups is 2. The van der Waals surface area contributed by atoms with E-state index in [1.807, 2.05) is 38.1 Å². The van der Waals surface area contributed by atoms with Gasteiger partial charge in [0, 0.05) is 11.8 Å². The fourth-order valence-corrected chi connectivity index (χ4v) is 4.26. The second-order valence-corrected chi connectivity index (χ2v) is 8.08. The average molecular weight is 474 g/mol. The van der Waals surface area contributed by atoms with Crippen molar-refractivity contribution in [2.75, 3.05) is 25.7 Å². The van der Waals surface area contributed by atoms with E-state index in [0.29, 0.717) is 35.1 Å². The van der Waals surface area contributed by atoms with Crippen molar-refractivity contribution in [1.82, 2.24) is 0 Å². The summed E-state index contributed by atoms with van der Waals surface area (Å²) in [5.41, 5.74) is 2.45. The zero-order valence-corrected chi connectivity index (χ0v) is 20.1. The predicted molar refractivity (Wildman–Crippen MR) is 133 cm³/mol. The fraction of sp³-hybridized carbons (Fsp3) is 0.214. The number of amides is 1. The summed E-state index contributed by atoms with van der Waals surface area (Å²) in [6.07, 6.45) is 0. The van der Waals surface area contributed by atoms with Gasteiger partial charge in [0.25, 0.3) is 11.7 Å². The SMILES string of the molecule is CCOc1ccc(N2C(=O)C(=O)/C(=C(\O)c3ccc(OC)cc3OC)C2c2cccc(C)c2)cc1. The molecule has 3 aromatic carbocycles. The van der Waals surface area contributed by atoms with Crippen LogP contribution in [-0.4, -0.2) is 37.6 Å². The largest absolute Gasteiger partial charge is 0.507 e. The van der Waals surface area contributed by atoms with E-state index in [2.05, 4.69) is 0 Å². The molecule has 0 bridgehead atoms. The standard InChI is InChI=1S/C28H27NO6/c1-5-35-20-11-9-19(10-12-20)29-25(18-8-6-7-17(2)15-18)24(27(31)28(29)32)26(30)22-14-13-21(33-3)16-23(22)34-4/h6-16,25,30H,5H2,1-4H3/b26-24-. The molecule has 35 heavy (non-hydrogen) atoms. The highest BCUT2D eigenvalue weighted by atomic mass is 16.5. The highest BCUT2D eigenvalue weighted by Gasteiger charge is 2.47. The molecule has 0 aromatic heterocycles. The quantitative estimate of drug-likeness (QED) is 0.294. The zero-order valence-electron chi connectivity index (χ0n) is 20.1. The third kappa shape index (κ3) is 4.45. The maximum Gasteiger partial charge on any atom is 0.300 e. The van der Waals surface area contributed by atoms with E-state index < -0.39 is 17.7 Å². The van der Waals surface area contributed by atoms with Crippen molar-refractivity contribution in [1.29, 1.82) is 0 Å². The Morgan fingerprint density at radius 1 is 0.943 bits per heavy atom.